The number of hydrogen-bond donors (Lipinski definition) is 2. The van der Waals surface area contributed by atoms with Crippen molar-refractivity contribution >= 4 is 11.8 Å². The predicted molar refractivity (Wildman–Crippen MR) is 58.9 cm³/mol. The highest BCUT2D eigenvalue weighted by Gasteiger charge is 2.31. The minimum absolute atomic E-state index is 0.0456. The van der Waals surface area contributed by atoms with Crippen LogP contribution in [0.5, 0.6) is 0 Å². The number of carbonyl (C=O) groups excluding carboxylic acids is 2. The van der Waals surface area contributed by atoms with Gasteiger partial charge in [0.05, 0.1) is 0 Å². The molecule has 0 radical (unpaired) electrons. The maximum absolute atomic E-state index is 11.8. The first-order valence-corrected chi connectivity index (χ1v) is 5.50. The highest BCUT2D eigenvalue weighted by molar-refractivity contribution is 5.88. The van der Waals surface area contributed by atoms with E-state index in [4.69, 9.17) is 4.74 Å². The normalized spacial score (nSPS) is 20.6. The van der Waals surface area contributed by atoms with Crippen molar-refractivity contribution in [2.75, 3.05) is 39.9 Å². The van der Waals surface area contributed by atoms with Gasteiger partial charge in [0.2, 0.25) is 11.8 Å². The van der Waals surface area contributed by atoms with Crippen molar-refractivity contribution in [3.63, 3.8) is 0 Å². The minimum Gasteiger partial charge on any atom is -0.372 e. The third-order valence-electron chi connectivity index (χ3n) is 2.54. The first-order chi connectivity index (χ1) is 7.70. The SMILES string of the molecule is CCOCC(=O)N1CCNCC1C(=O)NC. The molecule has 2 N–H and O–H groups in total. The van der Waals surface area contributed by atoms with E-state index in [1.165, 1.54) is 0 Å². The Kier molecular flexibility index (Phi) is 5.21. The fourth-order valence-corrected chi connectivity index (χ4v) is 1.68. The summed E-state index contributed by atoms with van der Waals surface area (Å²) in [5.74, 6) is -0.269. The van der Waals surface area contributed by atoms with Crippen LogP contribution in [-0.4, -0.2) is 62.7 Å². The average molecular weight is 229 g/mol. The quantitative estimate of drug-likeness (QED) is 0.620. The van der Waals surface area contributed by atoms with E-state index in [9.17, 15) is 9.59 Å². The average Bonchev–Trinajstić information content (AvgIpc) is 2.35. The van der Waals surface area contributed by atoms with Gasteiger partial charge >= 0.3 is 0 Å². The molecule has 0 aromatic rings. The molecule has 0 bridgehead atoms. The number of likely N-dealkylation sites (N-methyl/N-ethyl adjacent to an activating group) is 1. The zero-order valence-corrected chi connectivity index (χ0v) is 9.78. The molecule has 2 amide bonds. The van der Waals surface area contributed by atoms with Gasteiger partial charge in [0.15, 0.2) is 0 Å². The summed E-state index contributed by atoms with van der Waals surface area (Å²) in [4.78, 5) is 24.9. The van der Waals surface area contributed by atoms with Crippen LogP contribution in [0.15, 0.2) is 0 Å². The summed E-state index contributed by atoms with van der Waals surface area (Å²) in [6.07, 6.45) is 0. The van der Waals surface area contributed by atoms with Gasteiger partial charge in [0, 0.05) is 33.3 Å². The van der Waals surface area contributed by atoms with Crippen LogP contribution in [-0.2, 0) is 14.3 Å². The number of nitrogens with zero attached hydrogens (tertiary/aromatic N) is 1. The summed E-state index contributed by atoms with van der Waals surface area (Å²) in [6.45, 7) is 4.14. The van der Waals surface area contributed by atoms with Gasteiger partial charge in [-0.05, 0) is 6.92 Å². The number of carbonyl (C=O) groups is 2. The fourth-order valence-electron chi connectivity index (χ4n) is 1.68. The van der Waals surface area contributed by atoms with Crippen LogP contribution >= 0.6 is 0 Å². The molecule has 0 saturated carbocycles. The first kappa shape index (κ1) is 12.9. The van der Waals surface area contributed by atoms with E-state index in [2.05, 4.69) is 10.6 Å². The maximum Gasteiger partial charge on any atom is 0.249 e. The minimum atomic E-state index is -0.424. The summed E-state index contributed by atoms with van der Waals surface area (Å²) >= 11 is 0. The van der Waals surface area contributed by atoms with Crippen molar-refractivity contribution in [3.05, 3.63) is 0 Å². The molecule has 0 aliphatic carbocycles. The van der Waals surface area contributed by atoms with Crippen molar-refractivity contribution in [1.82, 2.24) is 15.5 Å². The molecule has 1 aliphatic heterocycles. The molecule has 1 rings (SSSR count). The lowest BCUT2D eigenvalue weighted by molar-refractivity contribution is -0.144. The van der Waals surface area contributed by atoms with Crippen molar-refractivity contribution < 1.29 is 14.3 Å². The Balaban J connectivity index is 2.59. The van der Waals surface area contributed by atoms with Crippen LogP contribution < -0.4 is 10.6 Å². The maximum atomic E-state index is 11.8. The van der Waals surface area contributed by atoms with E-state index in [-0.39, 0.29) is 18.4 Å². The monoisotopic (exact) mass is 229 g/mol. The van der Waals surface area contributed by atoms with E-state index >= 15 is 0 Å². The lowest BCUT2D eigenvalue weighted by Crippen LogP contribution is -2.59. The Morgan fingerprint density at radius 1 is 1.56 bits per heavy atom. The number of piperazine rings is 1. The van der Waals surface area contributed by atoms with Crippen LogP contribution in [0.2, 0.25) is 0 Å². The topological polar surface area (TPSA) is 70.7 Å². The van der Waals surface area contributed by atoms with Gasteiger partial charge in [-0.3, -0.25) is 9.59 Å². The van der Waals surface area contributed by atoms with Crippen LogP contribution in [0.3, 0.4) is 0 Å². The molecule has 1 saturated heterocycles. The molecule has 1 fully saturated rings. The molecular formula is C10H19N3O3. The van der Waals surface area contributed by atoms with Gasteiger partial charge in [-0.1, -0.05) is 0 Å². The molecule has 1 unspecified atom stereocenters. The number of hydrogen-bond acceptors (Lipinski definition) is 4. The standard InChI is InChI=1S/C10H19N3O3/c1-3-16-7-9(14)13-5-4-12-6-8(13)10(15)11-2/h8,12H,3-7H2,1-2H3,(H,11,15). The highest BCUT2D eigenvalue weighted by Crippen LogP contribution is 2.04. The molecule has 1 atom stereocenters. The number of rotatable bonds is 4. The zero-order valence-electron chi connectivity index (χ0n) is 9.78. The molecule has 6 heteroatoms. The van der Waals surface area contributed by atoms with Crippen LogP contribution in [0, 0.1) is 0 Å². The Morgan fingerprint density at radius 2 is 2.31 bits per heavy atom. The summed E-state index contributed by atoms with van der Waals surface area (Å²) in [6, 6.07) is -0.424. The molecule has 0 spiro atoms. The smallest absolute Gasteiger partial charge is 0.249 e. The molecule has 1 heterocycles. The first-order valence-electron chi connectivity index (χ1n) is 5.50. The van der Waals surface area contributed by atoms with Crippen molar-refractivity contribution in [2.45, 2.75) is 13.0 Å². The number of nitrogens with one attached hydrogen (secondary N) is 2. The predicted octanol–water partition coefficient (Wildman–Crippen LogP) is -1.43. The number of ether oxygens (including phenoxy) is 1. The fraction of sp³-hybridized carbons (Fsp3) is 0.800. The third-order valence-corrected chi connectivity index (χ3v) is 2.54. The van der Waals surface area contributed by atoms with E-state index in [1.807, 2.05) is 6.92 Å². The van der Waals surface area contributed by atoms with Crippen molar-refractivity contribution in [1.29, 1.82) is 0 Å². The van der Waals surface area contributed by atoms with Gasteiger partial charge < -0.3 is 20.3 Å². The van der Waals surface area contributed by atoms with Crippen LogP contribution in [0.25, 0.3) is 0 Å². The molecular weight excluding hydrogens is 210 g/mol. The Labute approximate surface area is 95.3 Å². The number of amides is 2. The Morgan fingerprint density at radius 3 is 2.94 bits per heavy atom. The Hall–Kier alpha value is -1.14. The van der Waals surface area contributed by atoms with Gasteiger partial charge in [-0.25, -0.2) is 0 Å². The summed E-state index contributed by atoms with van der Waals surface area (Å²) in [7, 11) is 1.57. The van der Waals surface area contributed by atoms with Crippen LogP contribution in [0.1, 0.15) is 6.92 Å². The second-order valence-corrected chi connectivity index (χ2v) is 3.56. The largest absolute Gasteiger partial charge is 0.372 e. The molecule has 6 nitrogen and oxygen atoms in total. The van der Waals surface area contributed by atoms with Crippen molar-refractivity contribution in [2.24, 2.45) is 0 Å². The van der Waals surface area contributed by atoms with Gasteiger partial charge in [0.25, 0.3) is 0 Å². The molecule has 16 heavy (non-hydrogen) atoms. The second kappa shape index (κ2) is 6.44. The molecule has 92 valence electrons. The summed E-state index contributed by atoms with van der Waals surface area (Å²) in [5.41, 5.74) is 0. The highest BCUT2D eigenvalue weighted by atomic mass is 16.5. The molecule has 0 aromatic carbocycles. The third kappa shape index (κ3) is 3.18. The van der Waals surface area contributed by atoms with E-state index in [0.717, 1.165) is 0 Å². The summed E-state index contributed by atoms with van der Waals surface area (Å²) < 4.78 is 5.07. The van der Waals surface area contributed by atoms with E-state index < -0.39 is 6.04 Å². The zero-order chi connectivity index (χ0) is 12.0. The van der Waals surface area contributed by atoms with E-state index in [1.54, 1.807) is 11.9 Å². The Bertz CT molecular complexity index is 258. The van der Waals surface area contributed by atoms with E-state index in [0.29, 0.717) is 26.2 Å². The lowest BCUT2D eigenvalue weighted by Gasteiger charge is -2.34. The second-order valence-electron chi connectivity index (χ2n) is 3.56. The van der Waals surface area contributed by atoms with Gasteiger partial charge in [-0.2, -0.15) is 0 Å². The van der Waals surface area contributed by atoms with Gasteiger partial charge in [-0.15, -0.1) is 0 Å². The van der Waals surface area contributed by atoms with Gasteiger partial charge in [0.1, 0.15) is 12.6 Å². The summed E-state index contributed by atoms with van der Waals surface area (Å²) in [5, 5.41) is 5.66. The van der Waals surface area contributed by atoms with Crippen molar-refractivity contribution in [3.8, 4) is 0 Å². The molecule has 0 aromatic heterocycles. The lowest BCUT2D eigenvalue weighted by atomic mass is 10.1. The van der Waals surface area contributed by atoms with Crippen LogP contribution in [0.4, 0.5) is 0 Å². The molecule has 1 aliphatic rings.